The largest absolute Gasteiger partial charge is 0.310 e. The summed E-state index contributed by atoms with van der Waals surface area (Å²) in [5.41, 5.74) is 24.5. The molecule has 12 rings (SSSR count). The first-order chi connectivity index (χ1) is 42.2. The van der Waals surface area contributed by atoms with Crippen LogP contribution in [0, 0.1) is 27.7 Å². The number of rotatable bonds is 22. The van der Waals surface area contributed by atoms with E-state index in [9.17, 15) is 0 Å². The number of unbranched alkanes of at least 4 members (excludes halogenated alkanes) is 8. The molecule has 0 N–H and O–H groups in total. The first-order valence-corrected chi connectivity index (χ1v) is 31.9. The first kappa shape index (κ1) is 57.5. The predicted octanol–water partition coefficient (Wildman–Crippen LogP) is 25.0. The van der Waals surface area contributed by atoms with Crippen LogP contribution in [-0.4, -0.2) is 0 Å². The molecular weight excluding hydrogens is 1040 g/mol. The highest BCUT2D eigenvalue weighted by atomic mass is 15.2. The van der Waals surface area contributed by atoms with Crippen LogP contribution in [0.1, 0.15) is 111 Å². The number of hydrogen-bond acceptors (Lipinski definition) is 2. The van der Waals surface area contributed by atoms with E-state index >= 15 is 0 Å². The molecule has 2 heteroatoms. The van der Waals surface area contributed by atoms with Crippen LogP contribution in [0.4, 0.5) is 34.1 Å². The van der Waals surface area contributed by atoms with Crippen LogP contribution in [0.15, 0.2) is 243 Å². The minimum absolute atomic E-state index is 1.11. The van der Waals surface area contributed by atoms with Crippen molar-refractivity contribution >= 4 is 66.4 Å². The molecule has 0 fully saturated rings. The van der Waals surface area contributed by atoms with Gasteiger partial charge in [0.25, 0.3) is 0 Å². The molecule has 0 saturated carbocycles. The van der Waals surface area contributed by atoms with Crippen molar-refractivity contribution in [2.24, 2.45) is 0 Å². The van der Waals surface area contributed by atoms with E-state index in [-0.39, 0.29) is 0 Å². The second-order valence-corrected chi connectivity index (χ2v) is 24.2. The average molecular weight is 1120 g/mol. The Morgan fingerprint density at radius 2 is 0.535 bits per heavy atom. The third-order valence-electron chi connectivity index (χ3n) is 17.9. The first-order valence-electron chi connectivity index (χ1n) is 31.9. The second-order valence-electron chi connectivity index (χ2n) is 24.2. The molecule has 0 aliphatic carbocycles. The molecule has 0 amide bonds. The molecule has 0 aliphatic heterocycles. The van der Waals surface area contributed by atoms with Crippen molar-refractivity contribution in [2.75, 3.05) is 9.80 Å². The number of nitrogens with zero attached hydrogens (tertiary/aromatic N) is 2. The Balaban J connectivity index is 0.891. The Kier molecular flexibility index (Phi) is 17.7. The van der Waals surface area contributed by atoms with Crippen LogP contribution >= 0.6 is 0 Å². The van der Waals surface area contributed by atoms with Gasteiger partial charge in [-0.2, -0.15) is 0 Å². The summed E-state index contributed by atoms with van der Waals surface area (Å²) >= 11 is 0. The summed E-state index contributed by atoms with van der Waals surface area (Å²) in [6, 6.07) is 91.8. The maximum Gasteiger partial charge on any atom is 0.0546 e. The lowest BCUT2D eigenvalue weighted by atomic mass is 9.93. The van der Waals surface area contributed by atoms with Crippen LogP contribution in [0.2, 0.25) is 0 Å². The zero-order chi connectivity index (χ0) is 58.9. The van der Waals surface area contributed by atoms with E-state index in [0.717, 1.165) is 47.0 Å². The van der Waals surface area contributed by atoms with Crippen molar-refractivity contribution < 1.29 is 0 Å². The summed E-state index contributed by atoms with van der Waals surface area (Å²) in [4.78, 5) is 4.98. The summed E-state index contributed by atoms with van der Waals surface area (Å²) in [6.45, 7) is 13.4. The SMILES string of the molecule is CCCCCCCc1ccc(-c2ccc(-c3ccc(N(c4ccc(C)cc4C)c4cc5c6ccccc6c(N(c6ccc(-c7ccc(-c8ccc(CCCCCCC)cc8)cc7)cc6)c6ccc(C)cc6C)cc5c5ccccc45)cc3)cc2)cc1. The van der Waals surface area contributed by atoms with Crippen molar-refractivity contribution in [3.05, 3.63) is 276 Å². The minimum atomic E-state index is 1.11. The van der Waals surface area contributed by atoms with Crippen LogP contribution in [0.25, 0.3) is 76.8 Å². The zero-order valence-electron chi connectivity index (χ0n) is 51.5. The fourth-order valence-electron chi connectivity index (χ4n) is 13.1. The monoisotopic (exact) mass is 1120 g/mol. The van der Waals surface area contributed by atoms with Crippen LogP contribution in [0.5, 0.6) is 0 Å². The molecule has 0 saturated heterocycles. The third kappa shape index (κ3) is 12.5. The van der Waals surface area contributed by atoms with E-state index in [4.69, 9.17) is 0 Å². The molecule has 0 atom stereocenters. The highest BCUT2D eigenvalue weighted by Gasteiger charge is 2.24. The van der Waals surface area contributed by atoms with Gasteiger partial charge in [-0.05, 0) is 190 Å². The molecular formula is C84H82N2. The molecule has 428 valence electrons. The van der Waals surface area contributed by atoms with E-state index < -0.39 is 0 Å². The van der Waals surface area contributed by atoms with E-state index in [0.29, 0.717) is 0 Å². The molecule has 0 aromatic heterocycles. The third-order valence-corrected chi connectivity index (χ3v) is 17.9. The molecule has 0 bridgehead atoms. The maximum atomic E-state index is 2.49. The minimum Gasteiger partial charge on any atom is -0.310 e. The van der Waals surface area contributed by atoms with E-state index in [1.807, 2.05) is 0 Å². The Morgan fingerprint density at radius 3 is 0.849 bits per heavy atom. The van der Waals surface area contributed by atoms with Gasteiger partial charge in [-0.25, -0.2) is 0 Å². The zero-order valence-corrected chi connectivity index (χ0v) is 51.5. The number of anilines is 6. The fourth-order valence-corrected chi connectivity index (χ4v) is 13.1. The number of aryl methyl sites for hydroxylation is 6. The quantitative estimate of drug-likeness (QED) is 0.0493. The van der Waals surface area contributed by atoms with Gasteiger partial charge in [0.15, 0.2) is 0 Å². The van der Waals surface area contributed by atoms with E-state index in [1.54, 1.807) is 0 Å². The normalized spacial score (nSPS) is 11.5. The smallest absolute Gasteiger partial charge is 0.0546 e. The lowest BCUT2D eigenvalue weighted by molar-refractivity contribution is 0.632. The standard InChI is InChI=1S/C84H82N2/c1-7-9-11-13-15-21-63-29-33-65(34-30-63)67-37-41-69(42-38-67)71-45-49-73(50-46-71)85(81-53-27-59(3)55-61(81)5)83-57-79-76-24-18-20-26-78(76)84(58-80(79)75-23-17-19-25-77(75)83)86(82-54-28-60(4)56-62(82)6)74-51-47-72(48-52-74)70-43-39-68(40-44-70)66-35-31-64(32-36-66)22-16-14-12-10-8-2/h17-20,23-58H,7-16,21-22H2,1-6H3. The van der Waals surface area contributed by atoms with E-state index in [1.165, 1.54) is 174 Å². The van der Waals surface area contributed by atoms with Crippen molar-refractivity contribution in [1.29, 1.82) is 0 Å². The summed E-state index contributed by atoms with van der Waals surface area (Å²) in [6.07, 6.45) is 15.4. The molecule has 0 spiro atoms. The Morgan fingerprint density at radius 1 is 0.244 bits per heavy atom. The highest BCUT2D eigenvalue weighted by Crippen LogP contribution is 2.49. The Labute approximate surface area is 512 Å². The van der Waals surface area contributed by atoms with Gasteiger partial charge >= 0.3 is 0 Å². The maximum absolute atomic E-state index is 2.49. The van der Waals surface area contributed by atoms with Gasteiger partial charge in [0.2, 0.25) is 0 Å². The Hall–Kier alpha value is -8.98. The summed E-state index contributed by atoms with van der Waals surface area (Å²) in [5, 5.41) is 7.25. The van der Waals surface area contributed by atoms with Gasteiger partial charge in [-0.3, -0.25) is 0 Å². The summed E-state index contributed by atoms with van der Waals surface area (Å²) < 4.78 is 0. The lowest BCUT2D eigenvalue weighted by Gasteiger charge is -2.31. The van der Waals surface area contributed by atoms with Crippen molar-refractivity contribution in [2.45, 2.75) is 119 Å². The number of hydrogen-bond donors (Lipinski definition) is 0. The molecule has 12 aromatic rings. The van der Waals surface area contributed by atoms with Crippen LogP contribution < -0.4 is 9.80 Å². The van der Waals surface area contributed by atoms with Crippen molar-refractivity contribution in [3.63, 3.8) is 0 Å². The summed E-state index contributed by atoms with van der Waals surface area (Å²) in [5.74, 6) is 0. The number of benzene rings is 12. The average Bonchev–Trinajstić information content (AvgIpc) is 0.835. The second kappa shape index (κ2) is 26.5. The lowest BCUT2D eigenvalue weighted by Crippen LogP contribution is -2.13. The van der Waals surface area contributed by atoms with Gasteiger partial charge in [-0.1, -0.05) is 270 Å². The van der Waals surface area contributed by atoms with Crippen LogP contribution in [-0.2, 0) is 12.8 Å². The van der Waals surface area contributed by atoms with Gasteiger partial charge in [0, 0.05) is 33.5 Å². The van der Waals surface area contributed by atoms with Crippen molar-refractivity contribution in [3.8, 4) is 44.5 Å². The van der Waals surface area contributed by atoms with E-state index in [2.05, 4.69) is 294 Å². The highest BCUT2D eigenvalue weighted by molar-refractivity contribution is 6.24. The summed E-state index contributed by atoms with van der Waals surface area (Å²) in [7, 11) is 0. The van der Waals surface area contributed by atoms with Gasteiger partial charge in [0.05, 0.1) is 11.4 Å². The molecule has 0 unspecified atom stereocenters. The molecule has 0 aliphatic rings. The van der Waals surface area contributed by atoms with Crippen LogP contribution in [0.3, 0.4) is 0 Å². The Bertz CT molecular complexity index is 3970. The molecule has 86 heavy (non-hydrogen) atoms. The van der Waals surface area contributed by atoms with Crippen molar-refractivity contribution in [1.82, 2.24) is 0 Å². The predicted molar refractivity (Wildman–Crippen MR) is 374 cm³/mol. The number of fused-ring (bicyclic) bond motifs is 5. The molecule has 0 radical (unpaired) electrons. The topological polar surface area (TPSA) is 6.48 Å². The van der Waals surface area contributed by atoms with Gasteiger partial charge in [-0.15, -0.1) is 0 Å². The van der Waals surface area contributed by atoms with Gasteiger partial charge in [0.1, 0.15) is 0 Å². The fraction of sp³-hybridized carbons (Fsp3) is 0.214. The molecule has 12 aromatic carbocycles. The van der Waals surface area contributed by atoms with Gasteiger partial charge < -0.3 is 9.80 Å². The molecule has 0 heterocycles. The molecule has 2 nitrogen and oxygen atoms in total.